The summed E-state index contributed by atoms with van der Waals surface area (Å²) in [6.45, 7) is 3.90. The zero-order valence-electron chi connectivity index (χ0n) is 10.1. The van der Waals surface area contributed by atoms with Crippen LogP contribution in [0.15, 0.2) is 24.3 Å². The molecule has 4 nitrogen and oxygen atoms in total. The molecule has 0 fully saturated rings. The molecule has 0 aliphatic carbocycles. The van der Waals surface area contributed by atoms with E-state index in [1.54, 1.807) is 0 Å². The largest absolute Gasteiger partial charge is 0.481 e. The molecule has 0 saturated heterocycles. The van der Waals surface area contributed by atoms with Crippen molar-refractivity contribution in [2.75, 3.05) is 0 Å². The fourth-order valence-electron chi connectivity index (χ4n) is 1.48. The third-order valence-corrected chi connectivity index (χ3v) is 2.54. The van der Waals surface area contributed by atoms with E-state index in [1.165, 1.54) is 12.5 Å². The highest BCUT2D eigenvalue weighted by atomic mass is 16.4. The van der Waals surface area contributed by atoms with Gasteiger partial charge in [-0.2, -0.15) is 0 Å². The number of Topliss-reactive ketones (excluding diaryl/α,β-unsaturated/α-hetero) is 1. The highest BCUT2D eigenvalue weighted by Crippen LogP contribution is 2.04. The topological polar surface area (TPSA) is 66.4 Å². The van der Waals surface area contributed by atoms with E-state index in [0.717, 1.165) is 5.56 Å². The molecule has 92 valence electrons. The first-order valence-corrected chi connectivity index (χ1v) is 5.50. The number of carboxylic acids is 1. The lowest BCUT2D eigenvalue weighted by Gasteiger charge is -2.13. The van der Waals surface area contributed by atoms with Crippen LogP contribution in [0.1, 0.15) is 24.5 Å². The monoisotopic (exact) mass is 235 g/mol. The van der Waals surface area contributed by atoms with Crippen LogP contribution in [0, 0.1) is 6.92 Å². The fourth-order valence-corrected chi connectivity index (χ4v) is 1.48. The zero-order valence-corrected chi connectivity index (χ0v) is 10.1. The highest BCUT2D eigenvalue weighted by Gasteiger charge is 2.16. The van der Waals surface area contributed by atoms with Crippen LogP contribution in [-0.4, -0.2) is 22.9 Å². The Morgan fingerprint density at radius 1 is 1.29 bits per heavy atom. The van der Waals surface area contributed by atoms with Crippen LogP contribution in [0.5, 0.6) is 0 Å². The van der Waals surface area contributed by atoms with Gasteiger partial charge in [-0.3, -0.25) is 9.59 Å². The van der Waals surface area contributed by atoms with E-state index in [4.69, 9.17) is 5.11 Å². The molecule has 4 heteroatoms. The van der Waals surface area contributed by atoms with Gasteiger partial charge < -0.3 is 10.4 Å². The lowest BCUT2D eigenvalue weighted by molar-refractivity contribution is -0.139. The van der Waals surface area contributed by atoms with E-state index >= 15 is 0 Å². The average molecular weight is 235 g/mol. The van der Waals surface area contributed by atoms with Gasteiger partial charge in [0.05, 0.1) is 12.5 Å². The lowest BCUT2D eigenvalue weighted by atomic mass is 10.1. The van der Waals surface area contributed by atoms with E-state index in [-0.39, 0.29) is 12.2 Å². The molecule has 1 rings (SSSR count). The Hall–Kier alpha value is -1.68. The molecular weight excluding hydrogens is 218 g/mol. The van der Waals surface area contributed by atoms with Gasteiger partial charge in [0.1, 0.15) is 5.78 Å². The first-order chi connectivity index (χ1) is 7.99. The van der Waals surface area contributed by atoms with E-state index in [9.17, 15) is 9.59 Å². The summed E-state index contributed by atoms with van der Waals surface area (Å²) in [5.41, 5.74) is 2.20. The van der Waals surface area contributed by atoms with Gasteiger partial charge in [0.25, 0.3) is 0 Å². The summed E-state index contributed by atoms with van der Waals surface area (Å²) in [5.74, 6) is -1.12. The third kappa shape index (κ3) is 4.78. The van der Waals surface area contributed by atoms with Crippen molar-refractivity contribution in [3.05, 3.63) is 35.4 Å². The predicted octanol–water partition coefficient (Wildman–Crippen LogP) is 1.52. The smallest absolute Gasteiger partial charge is 0.305 e. The number of aliphatic carboxylic acids is 1. The lowest BCUT2D eigenvalue weighted by Crippen LogP contribution is -2.36. The standard InChI is InChI=1S/C13H17NO3/c1-9-3-5-11(6-4-9)8-14-12(10(2)15)7-13(16)17/h3-6,12,14H,7-8H2,1-2H3,(H,16,17). The molecule has 1 atom stereocenters. The van der Waals surface area contributed by atoms with Gasteiger partial charge in [-0.1, -0.05) is 29.8 Å². The Morgan fingerprint density at radius 2 is 1.88 bits per heavy atom. The second kappa shape index (κ2) is 6.15. The molecular formula is C13H17NO3. The maximum Gasteiger partial charge on any atom is 0.305 e. The van der Waals surface area contributed by atoms with Crippen LogP contribution >= 0.6 is 0 Å². The molecule has 17 heavy (non-hydrogen) atoms. The second-order valence-electron chi connectivity index (χ2n) is 4.13. The molecule has 0 aromatic heterocycles. The summed E-state index contributed by atoms with van der Waals surface area (Å²) in [6, 6.07) is 7.27. The van der Waals surface area contributed by atoms with Gasteiger partial charge in [0.15, 0.2) is 0 Å². The number of carbonyl (C=O) groups excluding carboxylic acids is 1. The van der Waals surface area contributed by atoms with E-state index in [1.807, 2.05) is 31.2 Å². The van der Waals surface area contributed by atoms with Crippen molar-refractivity contribution < 1.29 is 14.7 Å². The maximum atomic E-state index is 11.2. The molecule has 0 spiro atoms. The summed E-state index contributed by atoms with van der Waals surface area (Å²) in [5, 5.41) is 11.6. The Kier molecular flexibility index (Phi) is 4.84. The van der Waals surface area contributed by atoms with Crippen LogP contribution in [0.2, 0.25) is 0 Å². The first kappa shape index (κ1) is 13.4. The highest BCUT2D eigenvalue weighted by molar-refractivity contribution is 5.85. The van der Waals surface area contributed by atoms with Crippen LogP contribution in [0.3, 0.4) is 0 Å². The van der Waals surface area contributed by atoms with Crippen LogP contribution in [0.4, 0.5) is 0 Å². The average Bonchev–Trinajstić information content (AvgIpc) is 2.25. The predicted molar refractivity (Wildman–Crippen MR) is 64.7 cm³/mol. The number of ketones is 1. The minimum Gasteiger partial charge on any atom is -0.481 e. The van der Waals surface area contributed by atoms with E-state index in [0.29, 0.717) is 6.54 Å². The Balaban J connectivity index is 2.54. The minimum atomic E-state index is -0.971. The number of rotatable bonds is 6. The van der Waals surface area contributed by atoms with Gasteiger partial charge in [-0.15, -0.1) is 0 Å². The molecule has 2 N–H and O–H groups in total. The van der Waals surface area contributed by atoms with Gasteiger partial charge >= 0.3 is 5.97 Å². The molecule has 0 bridgehead atoms. The number of nitrogens with one attached hydrogen (secondary N) is 1. The Morgan fingerprint density at radius 3 is 2.35 bits per heavy atom. The van der Waals surface area contributed by atoms with Crippen molar-refractivity contribution in [1.29, 1.82) is 0 Å². The van der Waals surface area contributed by atoms with Gasteiger partial charge in [0, 0.05) is 6.54 Å². The number of hydrogen-bond acceptors (Lipinski definition) is 3. The summed E-state index contributed by atoms with van der Waals surface area (Å²) >= 11 is 0. The normalized spacial score (nSPS) is 12.1. The number of carboxylic acid groups (broad SMARTS) is 1. The van der Waals surface area contributed by atoms with Crippen molar-refractivity contribution in [2.45, 2.75) is 32.9 Å². The maximum absolute atomic E-state index is 11.2. The minimum absolute atomic E-state index is 0.153. The number of aryl methyl sites for hydroxylation is 1. The van der Waals surface area contributed by atoms with Crippen molar-refractivity contribution >= 4 is 11.8 Å². The van der Waals surface area contributed by atoms with Crippen LogP contribution in [0.25, 0.3) is 0 Å². The van der Waals surface area contributed by atoms with Crippen molar-refractivity contribution in [2.24, 2.45) is 0 Å². The Bertz CT molecular complexity index is 398. The summed E-state index contributed by atoms with van der Waals surface area (Å²) in [7, 11) is 0. The molecule has 0 aliphatic rings. The van der Waals surface area contributed by atoms with Crippen molar-refractivity contribution in [1.82, 2.24) is 5.32 Å². The fraction of sp³-hybridized carbons (Fsp3) is 0.385. The van der Waals surface area contributed by atoms with Gasteiger partial charge in [-0.05, 0) is 19.4 Å². The molecule has 0 amide bonds. The molecule has 0 saturated carbocycles. The molecule has 0 radical (unpaired) electrons. The summed E-state index contributed by atoms with van der Waals surface area (Å²) < 4.78 is 0. The third-order valence-electron chi connectivity index (χ3n) is 2.54. The molecule has 1 unspecified atom stereocenters. The molecule has 1 aromatic rings. The summed E-state index contributed by atoms with van der Waals surface area (Å²) in [6.07, 6.45) is -0.179. The Labute approximate surface area is 101 Å². The van der Waals surface area contributed by atoms with E-state index < -0.39 is 12.0 Å². The molecule has 1 aromatic carbocycles. The second-order valence-corrected chi connectivity index (χ2v) is 4.13. The SMILES string of the molecule is CC(=O)C(CC(=O)O)NCc1ccc(C)cc1. The zero-order chi connectivity index (χ0) is 12.8. The summed E-state index contributed by atoms with van der Waals surface area (Å²) in [4.78, 5) is 21.8. The molecule has 0 heterocycles. The number of carbonyl (C=O) groups is 2. The van der Waals surface area contributed by atoms with E-state index in [2.05, 4.69) is 5.32 Å². The van der Waals surface area contributed by atoms with Gasteiger partial charge in [-0.25, -0.2) is 0 Å². The van der Waals surface area contributed by atoms with Crippen LogP contribution in [-0.2, 0) is 16.1 Å². The number of hydrogen-bond donors (Lipinski definition) is 2. The number of benzene rings is 1. The van der Waals surface area contributed by atoms with Crippen molar-refractivity contribution in [3.63, 3.8) is 0 Å². The van der Waals surface area contributed by atoms with Gasteiger partial charge in [0.2, 0.25) is 0 Å². The quantitative estimate of drug-likeness (QED) is 0.784. The molecule has 0 aliphatic heterocycles. The van der Waals surface area contributed by atoms with Crippen LogP contribution < -0.4 is 5.32 Å². The first-order valence-electron chi connectivity index (χ1n) is 5.50. The van der Waals surface area contributed by atoms with Crippen molar-refractivity contribution in [3.8, 4) is 0 Å².